The summed E-state index contributed by atoms with van der Waals surface area (Å²) in [5.74, 6) is 1.44. The number of alkyl halides is 2. The Morgan fingerprint density at radius 2 is 2.00 bits per heavy atom. The molecule has 3 aromatic rings. The Balaban J connectivity index is 1.55. The average molecular weight is 478 g/mol. The SMILES string of the molecule is C=C(NC)N1Cc2cc(N3CCCc4cc(-c5cnn(C)c5)c(C(F)F)cc43)ccc2CC(C)C1. The molecule has 0 fully saturated rings. The van der Waals surface area contributed by atoms with Crippen molar-refractivity contribution in [3.63, 3.8) is 0 Å². The molecule has 0 amide bonds. The highest BCUT2D eigenvalue weighted by Gasteiger charge is 2.26. The molecule has 1 N–H and O–H groups in total. The van der Waals surface area contributed by atoms with Crippen molar-refractivity contribution in [1.82, 2.24) is 20.0 Å². The van der Waals surface area contributed by atoms with Crippen LogP contribution in [0, 0.1) is 5.92 Å². The lowest BCUT2D eigenvalue weighted by atomic mass is 9.92. The van der Waals surface area contributed by atoms with Crippen LogP contribution in [0.4, 0.5) is 20.2 Å². The molecule has 0 bridgehead atoms. The summed E-state index contributed by atoms with van der Waals surface area (Å²) < 4.78 is 30.1. The predicted octanol–water partition coefficient (Wildman–Crippen LogP) is 5.79. The van der Waals surface area contributed by atoms with Gasteiger partial charge < -0.3 is 15.1 Å². The third-order valence-electron chi connectivity index (χ3n) is 7.25. The van der Waals surface area contributed by atoms with Crippen LogP contribution in [0.1, 0.15) is 42.0 Å². The molecule has 5 nitrogen and oxygen atoms in total. The number of fused-ring (bicyclic) bond motifs is 2. The number of benzene rings is 2. The van der Waals surface area contributed by atoms with Gasteiger partial charge in [-0.1, -0.05) is 19.6 Å². The van der Waals surface area contributed by atoms with Crippen LogP contribution in [0.25, 0.3) is 11.1 Å². The first kappa shape index (κ1) is 23.4. The molecule has 2 aliphatic heterocycles. The zero-order valence-corrected chi connectivity index (χ0v) is 20.7. The summed E-state index contributed by atoms with van der Waals surface area (Å²) in [6.45, 7) is 8.99. The monoisotopic (exact) mass is 477 g/mol. The third kappa shape index (κ3) is 4.51. The molecule has 0 radical (unpaired) electrons. The number of nitrogens with zero attached hydrogens (tertiary/aromatic N) is 4. The van der Waals surface area contributed by atoms with Crippen molar-refractivity contribution in [3.8, 4) is 11.1 Å². The van der Waals surface area contributed by atoms with Gasteiger partial charge in [-0.05, 0) is 71.7 Å². The van der Waals surface area contributed by atoms with Crippen LogP contribution in [0.5, 0.6) is 0 Å². The van der Waals surface area contributed by atoms with E-state index in [4.69, 9.17) is 0 Å². The fourth-order valence-corrected chi connectivity index (χ4v) is 5.48. The lowest BCUT2D eigenvalue weighted by Gasteiger charge is -2.33. The summed E-state index contributed by atoms with van der Waals surface area (Å²) in [6, 6.07) is 10.3. The first-order valence-corrected chi connectivity index (χ1v) is 12.3. The molecule has 1 aromatic heterocycles. The second kappa shape index (κ2) is 9.36. The summed E-state index contributed by atoms with van der Waals surface area (Å²) in [4.78, 5) is 4.50. The van der Waals surface area contributed by atoms with E-state index in [9.17, 15) is 8.78 Å². The van der Waals surface area contributed by atoms with Gasteiger partial charge in [0.05, 0.1) is 12.0 Å². The van der Waals surface area contributed by atoms with Crippen molar-refractivity contribution in [1.29, 1.82) is 0 Å². The van der Waals surface area contributed by atoms with Crippen LogP contribution >= 0.6 is 0 Å². The highest BCUT2D eigenvalue weighted by Crippen LogP contribution is 2.42. The topological polar surface area (TPSA) is 36.3 Å². The van der Waals surface area contributed by atoms with Gasteiger partial charge in [0.1, 0.15) is 0 Å². The minimum Gasteiger partial charge on any atom is -0.375 e. The van der Waals surface area contributed by atoms with Crippen LogP contribution in [0.3, 0.4) is 0 Å². The number of anilines is 2. The zero-order valence-electron chi connectivity index (χ0n) is 20.7. The standard InChI is InChI=1S/C28H33F2N5/c1-18-10-20-7-8-24(11-22(20)17-34(15-18)19(2)31-3)35-9-5-6-21-12-25(23-14-32-33(4)16-23)26(28(29)30)13-27(21)35/h7-8,11-14,16,18,28,31H,2,5-6,9-10,15,17H2,1,3-4H3. The van der Waals surface area contributed by atoms with Crippen LogP contribution < -0.4 is 10.2 Å². The molecule has 0 aliphatic carbocycles. The maximum absolute atomic E-state index is 14.2. The van der Waals surface area contributed by atoms with Crippen molar-refractivity contribution < 1.29 is 8.78 Å². The summed E-state index contributed by atoms with van der Waals surface area (Å²) in [6.07, 6.45) is 3.77. The number of nitrogens with one attached hydrogen (secondary N) is 1. The number of hydrogen-bond donors (Lipinski definition) is 1. The van der Waals surface area contributed by atoms with Crippen LogP contribution in [0.15, 0.2) is 55.1 Å². The minimum atomic E-state index is -2.56. The van der Waals surface area contributed by atoms with Crippen LogP contribution in [0.2, 0.25) is 0 Å². The Bertz CT molecular complexity index is 1250. The van der Waals surface area contributed by atoms with Gasteiger partial charge in [0, 0.05) is 62.4 Å². The van der Waals surface area contributed by atoms with Crippen molar-refractivity contribution in [2.24, 2.45) is 13.0 Å². The van der Waals surface area contributed by atoms with Crippen molar-refractivity contribution >= 4 is 11.4 Å². The molecule has 0 saturated heterocycles. The highest BCUT2D eigenvalue weighted by molar-refractivity contribution is 5.77. The normalized spacial score (nSPS) is 17.7. The molecule has 3 heterocycles. The van der Waals surface area contributed by atoms with Gasteiger partial charge in [-0.2, -0.15) is 5.10 Å². The van der Waals surface area contributed by atoms with E-state index in [0.717, 1.165) is 67.2 Å². The van der Waals surface area contributed by atoms with E-state index in [0.29, 0.717) is 11.5 Å². The summed E-state index contributed by atoms with van der Waals surface area (Å²) in [5, 5.41) is 7.38. The lowest BCUT2D eigenvalue weighted by molar-refractivity contribution is 0.152. The quantitative estimate of drug-likeness (QED) is 0.504. The number of aryl methyl sites for hydroxylation is 2. The van der Waals surface area contributed by atoms with Crippen LogP contribution in [-0.4, -0.2) is 34.8 Å². The second-order valence-electron chi connectivity index (χ2n) is 9.87. The lowest BCUT2D eigenvalue weighted by Crippen LogP contribution is -2.31. The molecule has 2 aliphatic rings. The van der Waals surface area contributed by atoms with E-state index in [2.05, 4.69) is 51.9 Å². The maximum atomic E-state index is 14.2. The van der Waals surface area contributed by atoms with Crippen molar-refractivity contribution in [2.75, 3.05) is 25.0 Å². The predicted molar refractivity (Wildman–Crippen MR) is 137 cm³/mol. The zero-order chi connectivity index (χ0) is 24.7. The van der Waals surface area contributed by atoms with E-state index in [1.165, 1.54) is 11.1 Å². The summed E-state index contributed by atoms with van der Waals surface area (Å²) >= 11 is 0. The third-order valence-corrected chi connectivity index (χ3v) is 7.25. The van der Waals surface area contributed by atoms with E-state index in [1.807, 2.05) is 13.1 Å². The molecule has 5 rings (SSSR count). The second-order valence-corrected chi connectivity index (χ2v) is 9.87. The first-order valence-electron chi connectivity index (χ1n) is 12.3. The molecule has 0 spiro atoms. The Morgan fingerprint density at radius 3 is 2.71 bits per heavy atom. The average Bonchev–Trinajstić information content (AvgIpc) is 3.20. The number of aromatic nitrogens is 2. The fourth-order valence-electron chi connectivity index (χ4n) is 5.48. The molecule has 1 unspecified atom stereocenters. The number of halogens is 2. The molecule has 2 aromatic carbocycles. The van der Waals surface area contributed by atoms with Gasteiger partial charge in [0.2, 0.25) is 0 Å². The van der Waals surface area contributed by atoms with Gasteiger partial charge in [0.15, 0.2) is 0 Å². The minimum absolute atomic E-state index is 0.0590. The molecule has 184 valence electrons. The van der Waals surface area contributed by atoms with E-state index >= 15 is 0 Å². The molecule has 7 heteroatoms. The maximum Gasteiger partial charge on any atom is 0.264 e. The fraction of sp³-hybridized carbons (Fsp3) is 0.393. The molecular weight excluding hydrogens is 444 g/mol. The van der Waals surface area contributed by atoms with E-state index in [-0.39, 0.29) is 5.56 Å². The van der Waals surface area contributed by atoms with Gasteiger partial charge in [-0.15, -0.1) is 0 Å². The Labute approximate surface area is 206 Å². The molecule has 1 atom stereocenters. The Kier molecular flexibility index (Phi) is 6.26. The molecular formula is C28H33F2N5. The summed E-state index contributed by atoms with van der Waals surface area (Å²) in [5.41, 5.74) is 7.04. The first-order chi connectivity index (χ1) is 16.8. The van der Waals surface area contributed by atoms with Crippen LogP contribution in [-0.2, 0) is 26.4 Å². The van der Waals surface area contributed by atoms with E-state index < -0.39 is 6.43 Å². The molecule has 35 heavy (non-hydrogen) atoms. The Morgan fingerprint density at radius 1 is 1.17 bits per heavy atom. The van der Waals surface area contributed by atoms with Crippen molar-refractivity contribution in [3.05, 3.63) is 77.4 Å². The Hall–Kier alpha value is -3.35. The van der Waals surface area contributed by atoms with Crippen molar-refractivity contribution in [2.45, 2.75) is 39.2 Å². The number of rotatable bonds is 5. The van der Waals surface area contributed by atoms with Gasteiger partial charge in [-0.25, -0.2) is 8.78 Å². The number of hydrogen-bond acceptors (Lipinski definition) is 4. The smallest absolute Gasteiger partial charge is 0.264 e. The highest BCUT2D eigenvalue weighted by atomic mass is 19.3. The van der Waals surface area contributed by atoms with Gasteiger partial charge >= 0.3 is 0 Å². The largest absolute Gasteiger partial charge is 0.375 e. The van der Waals surface area contributed by atoms with E-state index in [1.54, 1.807) is 30.2 Å². The molecule has 0 saturated carbocycles. The van der Waals surface area contributed by atoms with Gasteiger partial charge in [0.25, 0.3) is 6.43 Å². The van der Waals surface area contributed by atoms with Gasteiger partial charge in [-0.3, -0.25) is 4.68 Å². The summed E-state index contributed by atoms with van der Waals surface area (Å²) in [7, 11) is 3.71.